The van der Waals surface area contributed by atoms with Gasteiger partial charge in [0.2, 0.25) is 0 Å². The number of benzene rings is 1. The van der Waals surface area contributed by atoms with Crippen LogP contribution < -0.4 is 5.73 Å². The van der Waals surface area contributed by atoms with Crippen molar-refractivity contribution in [3.63, 3.8) is 0 Å². The van der Waals surface area contributed by atoms with E-state index in [9.17, 15) is 18.0 Å². The number of hydrogen-bond donors (Lipinski definition) is 1. The summed E-state index contributed by atoms with van der Waals surface area (Å²) < 4.78 is 37.3. The Bertz CT molecular complexity index is 472. The highest BCUT2D eigenvalue weighted by molar-refractivity contribution is 5.94. The number of amides is 1. The van der Waals surface area contributed by atoms with Gasteiger partial charge in [0.25, 0.3) is 5.91 Å². The van der Waals surface area contributed by atoms with E-state index in [1.54, 1.807) is 7.05 Å². The van der Waals surface area contributed by atoms with Crippen LogP contribution in [0.25, 0.3) is 0 Å². The van der Waals surface area contributed by atoms with Crippen LogP contribution in [0.3, 0.4) is 0 Å². The fourth-order valence-electron chi connectivity index (χ4n) is 1.80. The summed E-state index contributed by atoms with van der Waals surface area (Å²) in [5.74, 6) is -0.319. The van der Waals surface area contributed by atoms with Crippen LogP contribution >= 0.6 is 12.4 Å². The van der Waals surface area contributed by atoms with Crippen molar-refractivity contribution in [2.45, 2.75) is 20.0 Å². The molecule has 0 heterocycles. The van der Waals surface area contributed by atoms with Gasteiger partial charge < -0.3 is 10.6 Å². The Labute approximate surface area is 128 Å². The van der Waals surface area contributed by atoms with Crippen molar-refractivity contribution in [2.24, 2.45) is 11.1 Å². The van der Waals surface area contributed by atoms with Crippen LogP contribution in [0, 0.1) is 5.41 Å². The summed E-state index contributed by atoms with van der Waals surface area (Å²) in [5, 5.41) is 0. The molecule has 0 bridgehead atoms. The Morgan fingerprint density at radius 1 is 1.19 bits per heavy atom. The Kier molecular flexibility index (Phi) is 6.70. The molecule has 1 aromatic carbocycles. The molecule has 0 radical (unpaired) electrons. The standard InChI is InChI=1S/C14H19F3N2O.ClH/c1-13(2,8-18)9-19(3)12(20)10-4-6-11(7-5-10)14(15,16)17;/h4-7H,8-9,18H2,1-3H3;1H. The summed E-state index contributed by atoms with van der Waals surface area (Å²) in [6.07, 6.45) is -4.39. The quantitative estimate of drug-likeness (QED) is 0.924. The molecule has 1 amide bonds. The van der Waals surface area contributed by atoms with Gasteiger partial charge in [-0.25, -0.2) is 0 Å². The molecule has 0 spiro atoms. The van der Waals surface area contributed by atoms with E-state index in [2.05, 4.69) is 0 Å². The number of carbonyl (C=O) groups excluding carboxylic acids is 1. The SMILES string of the molecule is CN(CC(C)(C)CN)C(=O)c1ccc(C(F)(F)F)cc1.Cl. The number of halogens is 4. The highest BCUT2D eigenvalue weighted by Gasteiger charge is 2.30. The van der Waals surface area contributed by atoms with E-state index in [4.69, 9.17) is 5.73 Å². The molecule has 3 nitrogen and oxygen atoms in total. The molecule has 0 aliphatic rings. The van der Waals surface area contributed by atoms with E-state index in [-0.39, 0.29) is 29.3 Å². The first-order valence-corrected chi connectivity index (χ1v) is 6.19. The minimum atomic E-state index is -4.39. The number of hydrogen-bond acceptors (Lipinski definition) is 2. The predicted octanol–water partition coefficient (Wildman–Crippen LogP) is 3.18. The van der Waals surface area contributed by atoms with Crippen LogP contribution in [0.1, 0.15) is 29.8 Å². The second-order valence-corrected chi connectivity index (χ2v) is 5.60. The number of nitrogens with zero attached hydrogens (tertiary/aromatic N) is 1. The fraction of sp³-hybridized carbons (Fsp3) is 0.500. The molecule has 0 atom stereocenters. The third kappa shape index (κ3) is 5.55. The van der Waals surface area contributed by atoms with Crippen molar-refractivity contribution in [3.05, 3.63) is 35.4 Å². The lowest BCUT2D eigenvalue weighted by atomic mass is 9.93. The molecule has 0 aliphatic heterocycles. The molecule has 2 N–H and O–H groups in total. The van der Waals surface area contributed by atoms with Gasteiger partial charge in [0.1, 0.15) is 0 Å². The first-order valence-electron chi connectivity index (χ1n) is 6.19. The Hall–Kier alpha value is -1.27. The topological polar surface area (TPSA) is 46.3 Å². The Morgan fingerprint density at radius 2 is 1.67 bits per heavy atom. The molecule has 0 fully saturated rings. The third-order valence-corrected chi connectivity index (χ3v) is 3.02. The maximum atomic E-state index is 12.4. The number of nitrogens with two attached hydrogens (primary N) is 1. The van der Waals surface area contributed by atoms with Gasteiger partial charge in [0, 0.05) is 19.2 Å². The Morgan fingerprint density at radius 3 is 2.05 bits per heavy atom. The summed E-state index contributed by atoms with van der Waals surface area (Å²) in [6, 6.07) is 4.21. The van der Waals surface area contributed by atoms with Crippen molar-refractivity contribution in [1.29, 1.82) is 0 Å². The highest BCUT2D eigenvalue weighted by atomic mass is 35.5. The van der Waals surface area contributed by atoms with E-state index in [1.807, 2.05) is 13.8 Å². The molecule has 0 saturated carbocycles. The lowest BCUT2D eigenvalue weighted by Crippen LogP contribution is -2.39. The molecule has 120 valence electrons. The normalized spacial score (nSPS) is 11.8. The summed E-state index contributed by atoms with van der Waals surface area (Å²) in [4.78, 5) is 13.6. The van der Waals surface area contributed by atoms with Crippen molar-refractivity contribution in [1.82, 2.24) is 4.90 Å². The molecule has 1 aromatic rings. The molecule has 21 heavy (non-hydrogen) atoms. The van der Waals surface area contributed by atoms with Gasteiger partial charge in [0.15, 0.2) is 0 Å². The fourth-order valence-corrected chi connectivity index (χ4v) is 1.80. The lowest BCUT2D eigenvalue weighted by Gasteiger charge is -2.29. The first-order chi connectivity index (χ1) is 9.07. The minimum absolute atomic E-state index is 0. The first kappa shape index (κ1) is 19.7. The smallest absolute Gasteiger partial charge is 0.341 e. The Balaban J connectivity index is 0.00000400. The summed E-state index contributed by atoms with van der Waals surface area (Å²) in [7, 11) is 1.61. The van der Waals surface area contributed by atoms with Crippen molar-refractivity contribution < 1.29 is 18.0 Å². The average molecular weight is 325 g/mol. The lowest BCUT2D eigenvalue weighted by molar-refractivity contribution is -0.137. The van der Waals surface area contributed by atoms with Crippen LogP contribution in [-0.2, 0) is 6.18 Å². The van der Waals surface area contributed by atoms with Crippen LogP contribution in [0.5, 0.6) is 0 Å². The molecule has 0 unspecified atom stereocenters. The summed E-state index contributed by atoms with van der Waals surface area (Å²) in [6.45, 7) is 4.69. The molecule has 0 saturated heterocycles. The average Bonchev–Trinajstić information content (AvgIpc) is 2.36. The largest absolute Gasteiger partial charge is 0.416 e. The van der Waals surface area contributed by atoms with Gasteiger partial charge in [-0.3, -0.25) is 4.79 Å². The van der Waals surface area contributed by atoms with Crippen molar-refractivity contribution in [3.8, 4) is 0 Å². The zero-order chi connectivity index (χ0) is 15.6. The van der Waals surface area contributed by atoms with Gasteiger partial charge in [-0.15, -0.1) is 12.4 Å². The second kappa shape index (κ2) is 7.13. The van der Waals surface area contributed by atoms with E-state index in [0.29, 0.717) is 13.1 Å². The molecule has 0 aliphatic carbocycles. The molecular formula is C14H20ClF3N2O. The molecular weight excluding hydrogens is 305 g/mol. The maximum absolute atomic E-state index is 12.4. The molecule has 0 aromatic heterocycles. The monoisotopic (exact) mass is 324 g/mol. The van der Waals surface area contributed by atoms with Gasteiger partial charge in [-0.2, -0.15) is 13.2 Å². The van der Waals surface area contributed by atoms with Crippen LogP contribution in [0.4, 0.5) is 13.2 Å². The van der Waals surface area contributed by atoms with E-state index < -0.39 is 11.7 Å². The van der Waals surface area contributed by atoms with E-state index in [0.717, 1.165) is 12.1 Å². The third-order valence-electron chi connectivity index (χ3n) is 3.02. The van der Waals surface area contributed by atoms with E-state index >= 15 is 0 Å². The predicted molar refractivity (Wildman–Crippen MR) is 78.5 cm³/mol. The van der Waals surface area contributed by atoms with Gasteiger partial charge in [-0.1, -0.05) is 13.8 Å². The highest BCUT2D eigenvalue weighted by Crippen LogP contribution is 2.29. The van der Waals surface area contributed by atoms with Crippen LogP contribution in [0.15, 0.2) is 24.3 Å². The van der Waals surface area contributed by atoms with Gasteiger partial charge >= 0.3 is 6.18 Å². The maximum Gasteiger partial charge on any atom is 0.416 e. The molecule has 1 rings (SSSR count). The zero-order valence-electron chi connectivity index (χ0n) is 12.2. The van der Waals surface area contributed by atoms with E-state index in [1.165, 1.54) is 17.0 Å². The number of alkyl halides is 3. The second-order valence-electron chi connectivity index (χ2n) is 5.60. The van der Waals surface area contributed by atoms with Crippen LogP contribution in [0.2, 0.25) is 0 Å². The van der Waals surface area contributed by atoms with Crippen molar-refractivity contribution >= 4 is 18.3 Å². The van der Waals surface area contributed by atoms with Gasteiger partial charge in [-0.05, 0) is 36.2 Å². The van der Waals surface area contributed by atoms with Crippen LogP contribution in [-0.4, -0.2) is 30.9 Å². The van der Waals surface area contributed by atoms with Gasteiger partial charge in [0.05, 0.1) is 5.56 Å². The van der Waals surface area contributed by atoms with Crippen molar-refractivity contribution in [2.75, 3.05) is 20.1 Å². The number of rotatable bonds is 4. The number of carbonyl (C=O) groups is 1. The molecule has 7 heteroatoms. The summed E-state index contributed by atoms with van der Waals surface area (Å²) >= 11 is 0. The summed E-state index contributed by atoms with van der Waals surface area (Å²) in [5.41, 5.74) is 4.82. The zero-order valence-corrected chi connectivity index (χ0v) is 13.0. The minimum Gasteiger partial charge on any atom is -0.341 e.